The van der Waals surface area contributed by atoms with Crippen molar-refractivity contribution < 1.29 is 18.5 Å². The number of hydrogen-bond donors (Lipinski definition) is 1. The minimum atomic E-state index is -1.36. The van der Waals surface area contributed by atoms with Crippen LogP contribution in [0.1, 0.15) is 15.9 Å². The molecular weight excluding hydrogens is 340 g/mol. The van der Waals surface area contributed by atoms with Gasteiger partial charge in [-0.1, -0.05) is 18.2 Å². The van der Waals surface area contributed by atoms with Crippen molar-refractivity contribution in [2.24, 2.45) is 0 Å². The van der Waals surface area contributed by atoms with E-state index in [0.29, 0.717) is 28.4 Å². The SMILES string of the molecule is COc1ccccc1CNC(=O)c1ccc2c(c1)N(C)C(=O)CS2=O. The van der Waals surface area contributed by atoms with E-state index in [9.17, 15) is 13.8 Å². The summed E-state index contributed by atoms with van der Waals surface area (Å²) in [6.45, 7) is 0.320. The lowest BCUT2D eigenvalue weighted by Crippen LogP contribution is -2.36. The topological polar surface area (TPSA) is 75.7 Å². The lowest BCUT2D eigenvalue weighted by Gasteiger charge is -2.25. The number of carbonyl (C=O) groups is 2. The molecule has 25 heavy (non-hydrogen) atoms. The highest BCUT2D eigenvalue weighted by molar-refractivity contribution is 7.86. The molecule has 0 saturated carbocycles. The molecule has 130 valence electrons. The Morgan fingerprint density at radius 3 is 2.80 bits per heavy atom. The molecule has 0 bridgehead atoms. The number of anilines is 1. The normalized spacial score (nSPS) is 16.3. The van der Waals surface area contributed by atoms with Gasteiger partial charge in [0.05, 0.1) is 28.5 Å². The van der Waals surface area contributed by atoms with Gasteiger partial charge in [0.15, 0.2) is 0 Å². The number of nitrogens with zero attached hydrogens (tertiary/aromatic N) is 1. The van der Waals surface area contributed by atoms with Crippen molar-refractivity contribution in [1.29, 1.82) is 0 Å². The summed E-state index contributed by atoms with van der Waals surface area (Å²) >= 11 is 0. The molecule has 1 N–H and O–H groups in total. The highest BCUT2D eigenvalue weighted by Gasteiger charge is 2.27. The van der Waals surface area contributed by atoms with Crippen LogP contribution in [0.2, 0.25) is 0 Å². The van der Waals surface area contributed by atoms with Crippen LogP contribution in [0.15, 0.2) is 47.4 Å². The van der Waals surface area contributed by atoms with Gasteiger partial charge in [-0.25, -0.2) is 0 Å². The van der Waals surface area contributed by atoms with Gasteiger partial charge in [-0.05, 0) is 24.3 Å². The first kappa shape index (κ1) is 17.2. The number of hydrogen-bond acceptors (Lipinski definition) is 4. The van der Waals surface area contributed by atoms with Gasteiger partial charge in [0, 0.05) is 24.7 Å². The molecule has 0 aliphatic carbocycles. The molecule has 0 aromatic heterocycles. The van der Waals surface area contributed by atoms with Crippen LogP contribution in [0.4, 0.5) is 5.69 Å². The Morgan fingerprint density at radius 2 is 2.04 bits per heavy atom. The predicted octanol–water partition coefficient (Wildman–Crippen LogP) is 1.71. The van der Waals surface area contributed by atoms with Crippen LogP contribution in [-0.4, -0.2) is 35.9 Å². The highest BCUT2D eigenvalue weighted by atomic mass is 32.2. The Morgan fingerprint density at radius 1 is 1.28 bits per heavy atom. The van der Waals surface area contributed by atoms with E-state index in [0.717, 1.165) is 5.56 Å². The Hall–Kier alpha value is -2.67. The first-order valence-electron chi connectivity index (χ1n) is 7.70. The third kappa shape index (κ3) is 3.41. The van der Waals surface area contributed by atoms with Crippen molar-refractivity contribution in [3.63, 3.8) is 0 Å². The molecule has 0 saturated heterocycles. The molecular formula is C18H18N2O4S. The molecule has 2 aromatic carbocycles. The van der Waals surface area contributed by atoms with Crippen LogP contribution < -0.4 is 15.0 Å². The van der Waals surface area contributed by atoms with E-state index in [2.05, 4.69) is 5.32 Å². The number of para-hydroxylation sites is 1. The van der Waals surface area contributed by atoms with E-state index in [4.69, 9.17) is 4.74 Å². The third-order valence-electron chi connectivity index (χ3n) is 4.09. The molecule has 1 unspecified atom stereocenters. The van der Waals surface area contributed by atoms with E-state index < -0.39 is 10.8 Å². The summed E-state index contributed by atoms with van der Waals surface area (Å²) in [5, 5.41) is 2.84. The van der Waals surface area contributed by atoms with Crippen molar-refractivity contribution in [3.8, 4) is 5.75 Å². The third-order valence-corrected chi connectivity index (χ3v) is 5.43. The second-order valence-corrected chi connectivity index (χ2v) is 7.04. The molecule has 7 heteroatoms. The van der Waals surface area contributed by atoms with E-state index in [-0.39, 0.29) is 17.6 Å². The minimum absolute atomic E-state index is 0.0250. The molecule has 1 heterocycles. The summed E-state index contributed by atoms with van der Waals surface area (Å²) in [5.74, 6) is 0.181. The van der Waals surface area contributed by atoms with Gasteiger partial charge in [0.25, 0.3) is 5.91 Å². The Balaban J connectivity index is 1.79. The van der Waals surface area contributed by atoms with Crippen molar-refractivity contribution in [3.05, 3.63) is 53.6 Å². The zero-order valence-corrected chi connectivity index (χ0v) is 14.8. The fourth-order valence-corrected chi connectivity index (χ4v) is 3.88. The molecule has 0 radical (unpaired) electrons. The van der Waals surface area contributed by atoms with Gasteiger partial charge < -0.3 is 15.0 Å². The maximum absolute atomic E-state index is 12.4. The molecule has 0 fully saturated rings. The molecule has 0 spiro atoms. The highest BCUT2D eigenvalue weighted by Crippen LogP contribution is 2.29. The summed E-state index contributed by atoms with van der Waals surface area (Å²) in [6.07, 6.45) is 0. The second kappa shape index (κ2) is 7.06. The summed E-state index contributed by atoms with van der Waals surface area (Å²) in [5.41, 5.74) is 1.79. The number of ether oxygens (including phenoxy) is 1. The average Bonchev–Trinajstić information content (AvgIpc) is 2.64. The van der Waals surface area contributed by atoms with Crippen molar-refractivity contribution in [2.75, 3.05) is 24.8 Å². The Bertz CT molecular complexity index is 866. The summed E-state index contributed by atoms with van der Waals surface area (Å²) in [6, 6.07) is 12.3. The maximum atomic E-state index is 12.4. The second-order valence-electron chi connectivity index (χ2n) is 5.62. The number of rotatable bonds is 4. The number of fused-ring (bicyclic) bond motifs is 1. The van der Waals surface area contributed by atoms with E-state index in [1.54, 1.807) is 32.4 Å². The molecule has 3 rings (SSSR count). The van der Waals surface area contributed by atoms with Crippen molar-refractivity contribution in [2.45, 2.75) is 11.4 Å². The molecule has 2 amide bonds. The first-order chi connectivity index (χ1) is 12.0. The maximum Gasteiger partial charge on any atom is 0.251 e. The zero-order valence-electron chi connectivity index (χ0n) is 13.9. The van der Waals surface area contributed by atoms with Crippen LogP contribution >= 0.6 is 0 Å². The van der Waals surface area contributed by atoms with E-state index in [1.807, 2.05) is 24.3 Å². The Kier molecular flexibility index (Phi) is 4.85. The molecule has 2 aromatic rings. The van der Waals surface area contributed by atoms with E-state index in [1.165, 1.54) is 4.90 Å². The van der Waals surface area contributed by atoms with Gasteiger partial charge in [-0.3, -0.25) is 13.8 Å². The average molecular weight is 358 g/mol. The quantitative estimate of drug-likeness (QED) is 0.903. The molecule has 6 nitrogen and oxygen atoms in total. The van der Waals surface area contributed by atoms with Gasteiger partial charge in [0.1, 0.15) is 11.5 Å². The predicted molar refractivity (Wildman–Crippen MR) is 95.3 cm³/mol. The van der Waals surface area contributed by atoms with Gasteiger partial charge in [-0.15, -0.1) is 0 Å². The van der Waals surface area contributed by atoms with Crippen LogP contribution in [-0.2, 0) is 22.1 Å². The van der Waals surface area contributed by atoms with Crippen LogP contribution in [0.25, 0.3) is 0 Å². The van der Waals surface area contributed by atoms with E-state index >= 15 is 0 Å². The largest absolute Gasteiger partial charge is 0.496 e. The van der Waals surface area contributed by atoms with Crippen molar-refractivity contribution >= 4 is 28.3 Å². The molecule has 1 aliphatic heterocycles. The standard InChI is InChI=1S/C18H18N2O4S/c1-20-14-9-12(7-8-16(14)25(23)11-17(20)21)18(22)19-10-13-5-3-4-6-15(13)24-2/h3-9H,10-11H2,1-2H3,(H,19,22). The molecule has 1 aliphatic rings. The van der Waals surface area contributed by atoms with Crippen LogP contribution in [0.5, 0.6) is 5.75 Å². The van der Waals surface area contributed by atoms with Gasteiger partial charge in [0.2, 0.25) is 5.91 Å². The number of nitrogens with one attached hydrogen (secondary N) is 1. The first-order valence-corrected chi connectivity index (χ1v) is 9.02. The lowest BCUT2D eigenvalue weighted by molar-refractivity contribution is -0.116. The van der Waals surface area contributed by atoms with Crippen LogP contribution in [0.3, 0.4) is 0 Å². The van der Waals surface area contributed by atoms with Gasteiger partial charge in [-0.2, -0.15) is 0 Å². The number of carbonyl (C=O) groups excluding carboxylic acids is 2. The van der Waals surface area contributed by atoms with Crippen LogP contribution in [0, 0.1) is 0 Å². The number of methoxy groups -OCH3 is 1. The number of benzene rings is 2. The molecule has 1 atom stereocenters. The Labute approximate surface area is 148 Å². The van der Waals surface area contributed by atoms with Crippen molar-refractivity contribution in [1.82, 2.24) is 5.32 Å². The van der Waals surface area contributed by atoms with Gasteiger partial charge >= 0.3 is 0 Å². The summed E-state index contributed by atoms with van der Waals surface area (Å²) in [7, 11) is 1.83. The minimum Gasteiger partial charge on any atom is -0.496 e. The summed E-state index contributed by atoms with van der Waals surface area (Å²) in [4.78, 5) is 26.3. The fourth-order valence-electron chi connectivity index (χ4n) is 2.66. The smallest absolute Gasteiger partial charge is 0.251 e. The summed E-state index contributed by atoms with van der Waals surface area (Å²) < 4.78 is 17.3. The number of amides is 2. The zero-order chi connectivity index (χ0) is 18.0. The fraction of sp³-hybridized carbons (Fsp3) is 0.222. The monoisotopic (exact) mass is 358 g/mol. The lowest BCUT2D eigenvalue weighted by atomic mass is 10.1.